The van der Waals surface area contributed by atoms with Crippen LogP contribution in [0.1, 0.15) is 104 Å². The minimum Gasteiger partial charge on any atom is -0.748 e. The van der Waals surface area contributed by atoms with Gasteiger partial charge in [-0.05, 0) is 38.5 Å². The quantitative estimate of drug-likeness (QED) is 0.0358. The van der Waals surface area contributed by atoms with Crippen molar-refractivity contribution in [2.24, 2.45) is 0 Å². The molecule has 0 aromatic rings. The minimum atomic E-state index is -4.29. The molecule has 0 radical (unpaired) electrons. The molecule has 0 aliphatic rings. The molecule has 0 spiro atoms. The molecule has 0 heterocycles. The van der Waals surface area contributed by atoms with Gasteiger partial charge >= 0.3 is 59.1 Å². The van der Waals surface area contributed by atoms with E-state index in [-0.39, 0.29) is 125 Å². The van der Waals surface area contributed by atoms with Crippen LogP contribution in [0.3, 0.4) is 0 Å². The maximum atomic E-state index is 10.9. The maximum absolute atomic E-state index is 10.9. The summed E-state index contributed by atoms with van der Waals surface area (Å²) in [5.74, 6) is -0.969. The van der Waals surface area contributed by atoms with Crippen LogP contribution in [-0.2, 0) is 48.7 Å². The van der Waals surface area contributed by atoms with E-state index in [1.165, 1.54) is 51.4 Å². The van der Waals surface area contributed by atoms with Crippen molar-refractivity contribution in [1.82, 2.24) is 0 Å². The van der Waals surface area contributed by atoms with Crippen LogP contribution in [-0.4, -0.2) is 116 Å². The Morgan fingerprint density at radius 3 is 1.08 bits per heavy atom. The first-order valence-electron chi connectivity index (χ1n) is 18.4. The average molecular weight is 801 g/mol. The Labute approximate surface area is 360 Å². The Morgan fingerprint density at radius 1 is 0.462 bits per heavy atom. The van der Waals surface area contributed by atoms with Crippen molar-refractivity contribution in [3.05, 3.63) is 36.5 Å². The third-order valence-electron chi connectivity index (χ3n) is 7.30. The summed E-state index contributed by atoms with van der Waals surface area (Å²) in [5.41, 5.74) is 0. The first-order valence-corrected chi connectivity index (χ1v) is 21.6. The molecule has 0 rings (SSSR count). The topological polar surface area (TPSA) is 170 Å². The van der Waals surface area contributed by atoms with Crippen LogP contribution in [0.2, 0.25) is 0 Å². The predicted molar refractivity (Wildman–Crippen MR) is 195 cm³/mol. The number of ether oxygens (including phenoxy) is 6. The molecule has 0 bridgehead atoms. The second-order valence-electron chi connectivity index (χ2n) is 12.2. The molecule has 296 valence electrons. The zero-order valence-corrected chi connectivity index (χ0v) is 38.4. The molecule has 0 saturated heterocycles. The van der Waals surface area contributed by atoms with E-state index in [1.54, 1.807) is 12.2 Å². The van der Waals surface area contributed by atoms with Gasteiger partial charge < -0.3 is 37.5 Å². The van der Waals surface area contributed by atoms with Gasteiger partial charge in [-0.2, -0.15) is 0 Å². The number of unbranched alkanes of at least 4 members (excludes halogenated alkanes) is 10. The van der Waals surface area contributed by atoms with E-state index in [0.29, 0.717) is 13.2 Å². The third kappa shape index (κ3) is 47.0. The smallest absolute Gasteiger partial charge is 0.748 e. The fourth-order valence-corrected chi connectivity index (χ4v) is 5.51. The van der Waals surface area contributed by atoms with Crippen LogP contribution in [0.4, 0.5) is 0 Å². The van der Waals surface area contributed by atoms with Gasteiger partial charge in [-0.1, -0.05) is 102 Å². The molecule has 0 N–H and O–H groups in total. The largest absolute Gasteiger partial charge is 1.00 e. The zero-order chi connectivity index (χ0) is 37.0. The first kappa shape index (κ1) is 57.1. The molecule has 2 unspecified atom stereocenters. The fraction of sp³-hybridized carbons (Fsp3) is 0.833. The zero-order valence-electron chi connectivity index (χ0n) is 32.7. The summed E-state index contributed by atoms with van der Waals surface area (Å²) in [6.45, 7) is 7.00. The second-order valence-corrected chi connectivity index (χ2v) is 15.2. The van der Waals surface area contributed by atoms with E-state index >= 15 is 0 Å². The van der Waals surface area contributed by atoms with Crippen molar-refractivity contribution in [2.45, 2.75) is 116 Å². The number of hydrogen-bond donors (Lipinski definition) is 0. The maximum Gasteiger partial charge on any atom is 1.00 e. The molecule has 0 fully saturated rings. The van der Waals surface area contributed by atoms with E-state index in [4.69, 9.17) is 28.4 Å². The minimum absolute atomic E-state index is 0. The van der Waals surface area contributed by atoms with Crippen molar-refractivity contribution in [3.63, 3.8) is 0 Å². The summed E-state index contributed by atoms with van der Waals surface area (Å²) in [6, 6.07) is 0. The molecular weight excluding hydrogens is 734 g/mol. The molecule has 0 aromatic carbocycles. The van der Waals surface area contributed by atoms with Crippen LogP contribution >= 0.6 is 0 Å². The molecule has 0 aromatic heterocycles. The first-order chi connectivity index (χ1) is 24.1. The summed E-state index contributed by atoms with van der Waals surface area (Å²) in [5, 5.41) is 0. The van der Waals surface area contributed by atoms with Gasteiger partial charge in [0.25, 0.3) is 0 Å². The standard InChI is InChI=1S/C36H68O12S2.2Na/c1-3-5-7-9-11-13-15-17-23-43-31-35(47-27-21-29-49(37,38)39)33-45-25-19-20-26-46-34-36(48-28-22-30-50(40,41)42)32-44-24-18-16-14-12-10-8-6-4-2;;/h15-20,35-36H,3-14,21-34H2,1-2H3,(H,37,38,39)(H,40,41,42);;/q;2*+1/p-2/b17-15+,18-16+,20-19-;;. The summed E-state index contributed by atoms with van der Waals surface area (Å²) in [7, 11) is -8.59. The number of hydrogen-bond acceptors (Lipinski definition) is 12. The van der Waals surface area contributed by atoms with Gasteiger partial charge in [0.1, 0.15) is 12.2 Å². The molecule has 16 heteroatoms. The molecular formula is C36H66Na2O12S2. The normalized spacial score (nSPS) is 13.5. The third-order valence-corrected chi connectivity index (χ3v) is 8.88. The molecule has 0 aliphatic carbocycles. The monoisotopic (exact) mass is 800 g/mol. The predicted octanol–water partition coefficient (Wildman–Crippen LogP) is 0.0914. The van der Waals surface area contributed by atoms with E-state index in [0.717, 1.165) is 25.7 Å². The Morgan fingerprint density at radius 2 is 0.769 bits per heavy atom. The van der Waals surface area contributed by atoms with Crippen molar-refractivity contribution in [2.75, 3.05) is 77.6 Å². The number of rotatable bonds is 38. The van der Waals surface area contributed by atoms with Gasteiger partial charge in [-0.25, -0.2) is 16.8 Å². The Balaban J connectivity index is -0.0000120. The van der Waals surface area contributed by atoms with Crippen molar-refractivity contribution >= 4 is 20.2 Å². The van der Waals surface area contributed by atoms with Gasteiger partial charge in [0.2, 0.25) is 0 Å². The summed E-state index contributed by atoms with van der Waals surface area (Å²) in [6.07, 6.45) is 25.5. The van der Waals surface area contributed by atoms with Gasteiger partial charge in [0.15, 0.2) is 0 Å². The SMILES string of the molecule is CCCCCCC/C=C/COCC(COC/C=C\COCC(COC/C=C/CCCCCCC)OCCCS(=O)(=O)[O-])OCCCS(=O)(=O)[O-].[Na+].[Na+]. The molecule has 0 amide bonds. The van der Waals surface area contributed by atoms with Crippen molar-refractivity contribution < 1.29 is 113 Å². The summed E-state index contributed by atoms with van der Waals surface area (Å²) >= 11 is 0. The summed E-state index contributed by atoms with van der Waals surface area (Å²) < 4.78 is 99.6. The van der Waals surface area contributed by atoms with Gasteiger partial charge in [-0.15, -0.1) is 0 Å². The Kier molecular flexibility index (Phi) is 45.5. The molecule has 52 heavy (non-hydrogen) atoms. The van der Waals surface area contributed by atoms with Crippen molar-refractivity contribution in [3.8, 4) is 0 Å². The summed E-state index contributed by atoms with van der Waals surface area (Å²) in [4.78, 5) is 0. The number of allylic oxidation sites excluding steroid dienone is 2. The molecule has 0 aliphatic heterocycles. The van der Waals surface area contributed by atoms with E-state index in [9.17, 15) is 25.9 Å². The average Bonchev–Trinajstić information content (AvgIpc) is 3.06. The van der Waals surface area contributed by atoms with Crippen LogP contribution < -0.4 is 59.1 Å². The Hall–Kier alpha value is 0.800. The van der Waals surface area contributed by atoms with Gasteiger partial charge in [-0.3, -0.25) is 0 Å². The van der Waals surface area contributed by atoms with Crippen LogP contribution in [0.25, 0.3) is 0 Å². The molecule has 2 atom stereocenters. The fourth-order valence-electron chi connectivity index (χ4n) is 4.57. The second kappa shape index (κ2) is 41.4. The van der Waals surface area contributed by atoms with Gasteiger partial charge in [0, 0.05) is 24.7 Å². The van der Waals surface area contributed by atoms with E-state index in [2.05, 4.69) is 26.0 Å². The van der Waals surface area contributed by atoms with Crippen molar-refractivity contribution in [1.29, 1.82) is 0 Å². The Bertz CT molecular complexity index is 976. The van der Waals surface area contributed by atoms with Crippen LogP contribution in [0.15, 0.2) is 36.5 Å². The van der Waals surface area contributed by atoms with Crippen LogP contribution in [0, 0.1) is 0 Å². The molecule has 12 nitrogen and oxygen atoms in total. The van der Waals surface area contributed by atoms with E-state index < -0.39 is 43.9 Å². The van der Waals surface area contributed by atoms with Gasteiger partial charge in [0.05, 0.1) is 73.1 Å². The molecule has 0 saturated carbocycles. The van der Waals surface area contributed by atoms with E-state index in [1.807, 2.05) is 12.2 Å². The van der Waals surface area contributed by atoms with Crippen LogP contribution in [0.5, 0.6) is 0 Å².